The minimum atomic E-state index is 0.836. The van der Waals surface area contributed by atoms with Crippen LogP contribution in [0.15, 0.2) is 18.5 Å². The topological polar surface area (TPSA) is 16.1 Å². The number of hydrogen-bond acceptors (Lipinski definition) is 2. The second-order valence-corrected chi connectivity index (χ2v) is 5.06. The van der Waals surface area contributed by atoms with Crippen molar-refractivity contribution in [3.05, 3.63) is 29.6 Å². The van der Waals surface area contributed by atoms with Crippen LogP contribution in [0.2, 0.25) is 0 Å². The zero-order valence-corrected chi connectivity index (χ0v) is 10.7. The van der Waals surface area contributed by atoms with E-state index in [0.29, 0.717) is 0 Å². The second kappa shape index (κ2) is 5.08. The zero-order chi connectivity index (χ0) is 10.7. The predicted molar refractivity (Wildman–Crippen MR) is 66.2 cm³/mol. The molecule has 1 aromatic rings. The Hall–Kier alpha value is -0.410. The van der Waals surface area contributed by atoms with Crippen LogP contribution in [0.1, 0.15) is 17.5 Å². The average Bonchev–Trinajstić information content (AvgIpc) is 2.65. The summed E-state index contributed by atoms with van der Waals surface area (Å²) in [5.41, 5.74) is 2.59. The summed E-state index contributed by atoms with van der Waals surface area (Å²) in [5.74, 6) is 0.836. The Kier molecular flexibility index (Phi) is 3.76. The number of aromatic nitrogens is 1. The van der Waals surface area contributed by atoms with Crippen molar-refractivity contribution in [2.75, 3.05) is 18.4 Å². The summed E-state index contributed by atoms with van der Waals surface area (Å²) >= 11 is 3.56. The van der Waals surface area contributed by atoms with Crippen molar-refractivity contribution < 1.29 is 0 Å². The van der Waals surface area contributed by atoms with Crippen LogP contribution in [0.3, 0.4) is 0 Å². The number of hydrogen-bond donors (Lipinski definition) is 0. The highest BCUT2D eigenvalue weighted by Crippen LogP contribution is 2.20. The largest absolute Gasteiger partial charge is 0.299 e. The summed E-state index contributed by atoms with van der Waals surface area (Å²) in [5, 5.41) is 1.13. The molecule has 0 spiro atoms. The maximum atomic E-state index is 4.23. The molecule has 3 heteroatoms. The lowest BCUT2D eigenvalue weighted by Crippen LogP contribution is -2.20. The lowest BCUT2D eigenvalue weighted by Gasteiger charge is -2.15. The fourth-order valence-corrected chi connectivity index (χ4v) is 2.67. The van der Waals surface area contributed by atoms with Crippen LogP contribution in [0, 0.1) is 12.8 Å². The third-order valence-electron chi connectivity index (χ3n) is 2.93. The van der Waals surface area contributed by atoms with Gasteiger partial charge in [-0.1, -0.05) is 22.0 Å². The molecule has 0 saturated carbocycles. The Labute approximate surface area is 99.8 Å². The van der Waals surface area contributed by atoms with E-state index in [1.807, 2.05) is 12.4 Å². The first-order valence-corrected chi connectivity index (χ1v) is 6.59. The highest BCUT2D eigenvalue weighted by molar-refractivity contribution is 9.09. The summed E-state index contributed by atoms with van der Waals surface area (Å²) in [7, 11) is 0. The molecule has 82 valence electrons. The van der Waals surface area contributed by atoms with Crippen LogP contribution in [0.5, 0.6) is 0 Å². The van der Waals surface area contributed by atoms with Crippen molar-refractivity contribution in [2.24, 2.45) is 5.92 Å². The van der Waals surface area contributed by atoms with Gasteiger partial charge in [0.25, 0.3) is 0 Å². The molecule has 0 aromatic carbocycles. The van der Waals surface area contributed by atoms with E-state index < -0.39 is 0 Å². The second-order valence-electron chi connectivity index (χ2n) is 4.41. The Morgan fingerprint density at radius 3 is 3.07 bits per heavy atom. The van der Waals surface area contributed by atoms with Gasteiger partial charge in [-0.15, -0.1) is 0 Å². The number of nitrogens with zero attached hydrogens (tertiary/aromatic N) is 2. The van der Waals surface area contributed by atoms with Crippen LogP contribution in [-0.4, -0.2) is 28.3 Å². The maximum absolute atomic E-state index is 4.23. The van der Waals surface area contributed by atoms with Gasteiger partial charge in [0, 0.05) is 30.8 Å². The number of likely N-dealkylation sites (tertiary alicyclic amines) is 1. The fourth-order valence-electron chi connectivity index (χ4n) is 2.14. The Morgan fingerprint density at radius 1 is 1.53 bits per heavy atom. The van der Waals surface area contributed by atoms with Gasteiger partial charge in [0.05, 0.1) is 0 Å². The lowest BCUT2D eigenvalue weighted by molar-refractivity contribution is 0.321. The van der Waals surface area contributed by atoms with Gasteiger partial charge in [0.2, 0.25) is 0 Å². The lowest BCUT2D eigenvalue weighted by atomic mass is 10.2. The van der Waals surface area contributed by atoms with Crippen LogP contribution in [0.25, 0.3) is 0 Å². The standard InChI is InChI=1S/C12H17BrN2/c1-10-4-12(7-14-6-10)9-15-3-2-11(5-13)8-15/h4,6-7,11H,2-3,5,8-9H2,1H3. The molecule has 1 aromatic heterocycles. The van der Waals surface area contributed by atoms with Gasteiger partial charge in [-0.25, -0.2) is 0 Å². The molecule has 1 unspecified atom stereocenters. The van der Waals surface area contributed by atoms with E-state index in [4.69, 9.17) is 0 Å². The molecule has 2 heterocycles. The van der Waals surface area contributed by atoms with E-state index >= 15 is 0 Å². The first kappa shape index (κ1) is 11.1. The molecule has 1 atom stereocenters. The molecule has 1 fully saturated rings. The minimum absolute atomic E-state index is 0.836. The third kappa shape index (κ3) is 3.02. The van der Waals surface area contributed by atoms with Gasteiger partial charge in [-0.3, -0.25) is 9.88 Å². The monoisotopic (exact) mass is 268 g/mol. The smallest absolute Gasteiger partial charge is 0.0313 e. The normalized spacial score (nSPS) is 22.1. The number of rotatable bonds is 3. The highest BCUT2D eigenvalue weighted by Gasteiger charge is 2.21. The summed E-state index contributed by atoms with van der Waals surface area (Å²) in [6.45, 7) is 5.60. The van der Waals surface area contributed by atoms with E-state index in [1.165, 1.54) is 30.6 Å². The van der Waals surface area contributed by atoms with Gasteiger partial charge >= 0.3 is 0 Å². The molecule has 2 nitrogen and oxygen atoms in total. The molecule has 0 N–H and O–H groups in total. The van der Waals surface area contributed by atoms with Gasteiger partial charge in [-0.2, -0.15) is 0 Å². The Bertz CT molecular complexity index is 327. The van der Waals surface area contributed by atoms with Gasteiger partial charge < -0.3 is 0 Å². The van der Waals surface area contributed by atoms with Crippen molar-refractivity contribution in [3.8, 4) is 0 Å². The summed E-state index contributed by atoms with van der Waals surface area (Å²) in [4.78, 5) is 6.75. The summed E-state index contributed by atoms with van der Waals surface area (Å²) < 4.78 is 0. The van der Waals surface area contributed by atoms with E-state index in [9.17, 15) is 0 Å². The highest BCUT2D eigenvalue weighted by atomic mass is 79.9. The molecule has 1 aliphatic heterocycles. The van der Waals surface area contributed by atoms with Crippen LogP contribution in [-0.2, 0) is 6.54 Å². The van der Waals surface area contributed by atoms with Crippen molar-refractivity contribution in [1.29, 1.82) is 0 Å². The van der Waals surface area contributed by atoms with E-state index in [-0.39, 0.29) is 0 Å². The fraction of sp³-hybridized carbons (Fsp3) is 0.583. The summed E-state index contributed by atoms with van der Waals surface area (Å²) in [6, 6.07) is 2.23. The zero-order valence-electron chi connectivity index (χ0n) is 9.12. The summed E-state index contributed by atoms with van der Waals surface area (Å²) in [6.07, 6.45) is 5.22. The van der Waals surface area contributed by atoms with E-state index in [1.54, 1.807) is 0 Å². The molecule has 1 aliphatic rings. The Balaban J connectivity index is 1.92. The molecule has 0 radical (unpaired) electrons. The maximum Gasteiger partial charge on any atom is 0.0313 e. The van der Waals surface area contributed by atoms with Gasteiger partial charge in [0.15, 0.2) is 0 Å². The first-order valence-electron chi connectivity index (χ1n) is 5.47. The number of alkyl halides is 1. The SMILES string of the molecule is Cc1cncc(CN2CCC(CBr)C2)c1. The van der Waals surface area contributed by atoms with E-state index in [0.717, 1.165) is 17.8 Å². The number of pyridine rings is 1. The van der Waals surface area contributed by atoms with Crippen LogP contribution in [0.4, 0.5) is 0 Å². The molecule has 1 saturated heterocycles. The van der Waals surface area contributed by atoms with Gasteiger partial charge in [-0.05, 0) is 36.9 Å². The quantitative estimate of drug-likeness (QED) is 0.784. The van der Waals surface area contributed by atoms with Crippen LogP contribution >= 0.6 is 15.9 Å². The van der Waals surface area contributed by atoms with E-state index in [2.05, 4.69) is 38.8 Å². The van der Waals surface area contributed by atoms with Crippen molar-refractivity contribution in [1.82, 2.24) is 9.88 Å². The first-order chi connectivity index (χ1) is 7.28. The minimum Gasteiger partial charge on any atom is -0.299 e. The van der Waals surface area contributed by atoms with Crippen molar-refractivity contribution in [3.63, 3.8) is 0 Å². The Morgan fingerprint density at radius 2 is 2.40 bits per heavy atom. The molecule has 0 amide bonds. The molecule has 15 heavy (non-hydrogen) atoms. The molecular formula is C12H17BrN2. The number of aryl methyl sites for hydroxylation is 1. The molecule has 2 rings (SSSR count). The van der Waals surface area contributed by atoms with Gasteiger partial charge in [0.1, 0.15) is 0 Å². The molecule has 0 bridgehead atoms. The third-order valence-corrected chi connectivity index (χ3v) is 3.84. The predicted octanol–water partition coefficient (Wildman–Crippen LogP) is 2.61. The molecular weight excluding hydrogens is 252 g/mol. The van der Waals surface area contributed by atoms with Crippen molar-refractivity contribution >= 4 is 15.9 Å². The molecule has 0 aliphatic carbocycles. The average molecular weight is 269 g/mol. The number of halogens is 1. The van der Waals surface area contributed by atoms with Crippen molar-refractivity contribution in [2.45, 2.75) is 19.9 Å². The van der Waals surface area contributed by atoms with Crippen LogP contribution < -0.4 is 0 Å².